The van der Waals surface area contributed by atoms with Crippen molar-refractivity contribution in [2.45, 2.75) is 51.9 Å². The SMILES string of the molecule is CC1CCC2CCCCC/C=C\C=C\12. The summed E-state index contributed by atoms with van der Waals surface area (Å²) in [6.45, 7) is 2.39. The maximum atomic E-state index is 2.41. The minimum absolute atomic E-state index is 0.851. The molecule has 0 aromatic carbocycles. The molecule has 0 heteroatoms. The molecule has 2 unspecified atom stereocenters. The lowest BCUT2D eigenvalue weighted by Crippen LogP contribution is -2.00. The van der Waals surface area contributed by atoms with Gasteiger partial charge in [0.25, 0.3) is 0 Å². The van der Waals surface area contributed by atoms with Crippen molar-refractivity contribution in [2.24, 2.45) is 11.8 Å². The van der Waals surface area contributed by atoms with Gasteiger partial charge in [-0.15, -0.1) is 0 Å². The minimum Gasteiger partial charge on any atom is -0.0845 e. The zero-order valence-electron chi connectivity index (χ0n) is 9.34. The smallest absolute Gasteiger partial charge is 0.0197 e. The quantitative estimate of drug-likeness (QED) is 0.528. The second kappa shape index (κ2) is 4.82. The summed E-state index contributed by atoms with van der Waals surface area (Å²) < 4.78 is 0. The zero-order chi connectivity index (χ0) is 9.80. The average molecular weight is 190 g/mol. The molecule has 0 nitrogen and oxygen atoms in total. The third-order valence-corrected chi connectivity index (χ3v) is 3.84. The molecule has 2 aliphatic rings. The van der Waals surface area contributed by atoms with Gasteiger partial charge in [0, 0.05) is 0 Å². The number of allylic oxidation sites excluding steroid dienone is 4. The van der Waals surface area contributed by atoms with E-state index in [4.69, 9.17) is 0 Å². The highest BCUT2D eigenvalue weighted by atomic mass is 14.3. The molecule has 0 aromatic heterocycles. The van der Waals surface area contributed by atoms with E-state index in [0.29, 0.717) is 0 Å². The fourth-order valence-corrected chi connectivity index (χ4v) is 2.90. The molecular formula is C14H22. The Morgan fingerprint density at radius 3 is 2.93 bits per heavy atom. The van der Waals surface area contributed by atoms with Crippen LogP contribution >= 0.6 is 0 Å². The number of hydrogen-bond donors (Lipinski definition) is 0. The molecule has 78 valence electrons. The Morgan fingerprint density at radius 2 is 2.00 bits per heavy atom. The summed E-state index contributed by atoms with van der Waals surface area (Å²) in [5, 5.41) is 0. The second-order valence-electron chi connectivity index (χ2n) is 4.91. The van der Waals surface area contributed by atoms with Gasteiger partial charge in [0.05, 0.1) is 0 Å². The Balaban J connectivity index is 2.10. The first kappa shape index (κ1) is 10.0. The normalized spacial score (nSPS) is 39.6. The van der Waals surface area contributed by atoms with Gasteiger partial charge >= 0.3 is 0 Å². The highest BCUT2D eigenvalue weighted by molar-refractivity contribution is 5.21. The molecule has 0 saturated heterocycles. The van der Waals surface area contributed by atoms with E-state index in [1.165, 1.54) is 44.9 Å². The van der Waals surface area contributed by atoms with E-state index >= 15 is 0 Å². The van der Waals surface area contributed by atoms with Crippen LogP contribution in [0.2, 0.25) is 0 Å². The first-order valence-corrected chi connectivity index (χ1v) is 6.24. The maximum Gasteiger partial charge on any atom is -0.0197 e. The van der Waals surface area contributed by atoms with Gasteiger partial charge in [-0.25, -0.2) is 0 Å². The molecule has 2 rings (SSSR count). The van der Waals surface area contributed by atoms with Crippen molar-refractivity contribution in [3.8, 4) is 0 Å². The predicted octanol–water partition coefficient (Wildman–Crippen LogP) is 4.48. The number of hydrogen-bond acceptors (Lipinski definition) is 0. The first-order chi connectivity index (χ1) is 6.88. The molecule has 0 amide bonds. The monoisotopic (exact) mass is 190 g/mol. The maximum absolute atomic E-state index is 2.41. The van der Waals surface area contributed by atoms with Crippen molar-refractivity contribution in [1.82, 2.24) is 0 Å². The molecule has 14 heavy (non-hydrogen) atoms. The zero-order valence-corrected chi connectivity index (χ0v) is 9.34. The van der Waals surface area contributed by atoms with Crippen LogP contribution in [0.4, 0.5) is 0 Å². The third-order valence-electron chi connectivity index (χ3n) is 3.84. The number of rotatable bonds is 0. The Morgan fingerprint density at radius 1 is 1.07 bits per heavy atom. The molecule has 0 aliphatic heterocycles. The summed E-state index contributed by atoms with van der Waals surface area (Å²) >= 11 is 0. The highest BCUT2D eigenvalue weighted by Crippen LogP contribution is 2.39. The lowest BCUT2D eigenvalue weighted by atomic mass is 9.91. The molecule has 0 radical (unpaired) electrons. The molecule has 2 aliphatic carbocycles. The molecule has 1 fully saturated rings. The average Bonchev–Trinajstić information content (AvgIpc) is 2.55. The van der Waals surface area contributed by atoms with E-state index < -0.39 is 0 Å². The van der Waals surface area contributed by atoms with Gasteiger partial charge in [0.2, 0.25) is 0 Å². The Kier molecular flexibility index (Phi) is 3.44. The minimum atomic E-state index is 0.851. The van der Waals surface area contributed by atoms with Crippen LogP contribution in [0.25, 0.3) is 0 Å². The van der Waals surface area contributed by atoms with E-state index in [0.717, 1.165) is 11.8 Å². The molecule has 0 heterocycles. The van der Waals surface area contributed by atoms with E-state index in [-0.39, 0.29) is 0 Å². The fourth-order valence-electron chi connectivity index (χ4n) is 2.90. The summed E-state index contributed by atoms with van der Waals surface area (Å²) in [5.41, 5.74) is 1.74. The van der Waals surface area contributed by atoms with Crippen LogP contribution in [0, 0.1) is 11.8 Å². The second-order valence-corrected chi connectivity index (χ2v) is 4.91. The van der Waals surface area contributed by atoms with E-state index in [2.05, 4.69) is 25.2 Å². The highest BCUT2D eigenvalue weighted by Gasteiger charge is 2.26. The standard InChI is InChI=1S/C14H22/c1-12-10-11-13-8-6-4-2-3-5-7-9-14(12)13/h5,7,9,12-13H,2-4,6,8,10-11H2,1H3/b7-5-,14-9-. The summed E-state index contributed by atoms with van der Waals surface area (Å²) in [4.78, 5) is 0. The largest absolute Gasteiger partial charge is 0.0845 e. The van der Waals surface area contributed by atoms with Crippen molar-refractivity contribution in [3.63, 3.8) is 0 Å². The summed E-state index contributed by atoms with van der Waals surface area (Å²) in [7, 11) is 0. The lowest BCUT2D eigenvalue weighted by molar-refractivity contribution is 0.520. The Labute approximate surface area is 88.1 Å². The van der Waals surface area contributed by atoms with Crippen LogP contribution in [0.3, 0.4) is 0 Å². The molecule has 0 bridgehead atoms. The van der Waals surface area contributed by atoms with E-state index in [1.807, 2.05) is 0 Å². The number of fused-ring (bicyclic) bond motifs is 1. The van der Waals surface area contributed by atoms with Gasteiger partial charge in [0.15, 0.2) is 0 Å². The summed E-state index contributed by atoms with van der Waals surface area (Å²) in [6.07, 6.45) is 16.9. The third kappa shape index (κ3) is 2.29. The van der Waals surface area contributed by atoms with Crippen LogP contribution in [-0.2, 0) is 0 Å². The van der Waals surface area contributed by atoms with Crippen molar-refractivity contribution in [3.05, 3.63) is 23.8 Å². The summed E-state index contributed by atoms with van der Waals surface area (Å²) in [5.74, 6) is 1.77. The molecule has 1 saturated carbocycles. The molecule has 0 spiro atoms. The first-order valence-electron chi connectivity index (χ1n) is 6.24. The molecule has 2 atom stereocenters. The lowest BCUT2D eigenvalue weighted by Gasteiger charge is -2.14. The van der Waals surface area contributed by atoms with Gasteiger partial charge in [-0.1, -0.05) is 43.6 Å². The van der Waals surface area contributed by atoms with Crippen LogP contribution in [-0.4, -0.2) is 0 Å². The van der Waals surface area contributed by atoms with Crippen molar-refractivity contribution in [2.75, 3.05) is 0 Å². The molecule has 0 aromatic rings. The van der Waals surface area contributed by atoms with Gasteiger partial charge < -0.3 is 0 Å². The van der Waals surface area contributed by atoms with Gasteiger partial charge in [-0.05, 0) is 43.9 Å². The van der Waals surface area contributed by atoms with Crippen LogP contribution in [0.1, 0.15) is 51.9 Å². The van der Waals surface area contributed by atoms with Gasteiger partial charge in [0.1, 0.15) is 0 Å². The van der Waals surface area contributed by atoms with Gasteiger partial charge in [-0.2, -0.15) is 0 Å². The van der Waals surface area contributed by atoms with Crippen molar-refractivity contribution in [1.29, 1.82) is 0 Å². The van der Waals surface area contributed by atoms with E-state index in [9.17, 15) is 0 Å². The topological polar surface area (TPSA) is 0 Å². The van der Waals surface area contributed by atoms with Crippen molar-refractivity contribution >= 4 is 0 Å². The molecule has 0 N–H and O–H groups in total. The van der Waals surface area contributed by atoms with Crippen LogP contribution in [0.15, 0.2) is 23.8 Å². The Bertz CT molecular complexity index is 234. The van der Waals surface area contributed by atoms with Crippen molar-refractivity contribution < 1.29 is 0 Å². The molecular weight excluding hydrogens is 168 g/mol. The van der Waals surface area contributed by atoms with Gasteiger partial charge in [-0.3, -0.25) is 0 Å². The fraction of sp³-hybridized carbons (Fsp3) is 0.714. The van der Waals surface area contributed by atoms with Crippen LogP contribution < -0.4 is 0 Å². The predicted molar refractivity (Wildman–Crippen MR) is 62.2 cm³/mol. The van der Waals surface area contributed by atoms with E-state index in [1.54, 1.807) is 5.57 Å². The Hall–Kier alpha value is -0.520. The van der Waals surface area contributed by atoms with Crippen LogP contribution in [0.5, 0.6) is 0 Å². The summed E-state index contributed by atoms with van der Waals surface area (Å²) in [6, 6.07) is 0.